The first kappa shape index (κ1) is 13.4. The van der Waals surface area contributed by atoms with Crippen molar-refractivity contribution in [2.45, 2.75) is 26.7 Å². The monoisotopic (exact) mass is 259 g/mol. The molecule has 0 N–H and O–H groups in total. The summed E-state index contributed by atoms with van der Waals surface area (Å²) in [5, 5.41) is 9.29. The second-order valence-corrected chi connectivity index (χ2v) is 5.11. The molecule has 0 spiro atoms. The molecule has 1 aromatic carbocycles. The lowest BCUT2D eigenvalue weighted by molar-refractivity contribution is -0.123. The Hall–Kier alpha value is -2.02. The molecule has 0 fully saturated rings. The number of Topliss-reactive ketones (excluding diaryl/α,β-unsaturated/α-hetero) is 1. The Morgan fingerprint density at radius 1 is 1.26 bits per heavy atom. The maximum absolute atomic E-state index is 12.3. The van der Waals surface area contributed by atoms with E-state index < -0.39 is 5.92 Å². The molecule has 19 heavy (non-hydrogen) atoms. The van der Waals surface area contributed by atoms with E-state index in [2.05, 4.69) is 6.07 Å². The van der Waals surface area contributed by atoms with Crippen LogP contribution in [0.25, 0.3) is 0 Å². The van der Waals surface area contributed by atoms with Crippen LogP contribution in [-0.2, 0) is 4.79 Å². The maximum Gasteiger partial charge on any atom is 0.231 e. The molecule has 0 radical (unpaired) electrons. The first-order valence-electron chi connectivity index (χ1n) is 6.37. The number of nitrogens with zero attached hydrogens (tertiary/aromatic N) is 1. The van der Waals surface area contributed by atoms with Crippen molar-refractivity contribution in [1.29, 1.82) is 5.26 Å². The van der Waals surface area contributed by atoms with Gasteiger partial charge < -0.3 is 9.47 Å². The van der Waals surface area contributed by atoms with Gasteiger partial charge in [-0.05, 0) is 23.6 Å². The van der Waals surface area contributed by atoms with Gasteiger partial charge in [-0.2, -0.15) is 5.26 Å². The first-order valence-corrected chi connectivity index (χ1v) is 6.37. The third-order valence-corrected chi connectivity index (χ3v) is 3.59. The minimum absolute atomic E-state index is 0.0450. The van der Waals surface area contributed by atoms with Crippen LogP contribution < -0.4 is 9.47 Å². The molecule has 4 nitrogen and oxygen atoms in total. The van der Waals surface area contributed by atoms with E-state index in [-0.39, 0.29) is 24.4 Å². The van der Waals surface area contributed by atoms with Crippen LogP contribution in [0.1, 0.15) is 32.3 Å². The second kappa shape index (κ2) is 5.31. The number of hydrogen-bond acceptors (Lipinski definition) is 4. The zero-order chi connectivity index (χ0) is 14.0. The normalized spacial score (nSPS) is 15.9. The van der Waals surface area contributed by atoms with Gasteiger partial charge in [-0.25, -0.2) is 0 Å². The highest BCUT2D eigenvalue weighted by Gasteiger charge is 2.28. The quantitative estimate of drug-likeness (QED) is 0.834. The molecule has 2 unspecified atom stereocenters. The third kappa shape index (κ3) is 2.55. The van der Waals surface area contributed by atoms with Crippen molar-refractivity contribution in [3.8, 4) is 17.6 Å². The Kier molecular flexibility index (Phi) is 3.75. The van der Waals surface area contributed by atoms with Gasteiger partial charge in [-0.3, -0.25) is 4.79 Å². The molecule has 2 atom stereocenters. The zero-order valence-corrected chi connectivity index (χ0v) is 11.3. The predicted octanol–water partition coefficient (Wildman–Crippen LogP) is 2.88. The molecule has 1 aliphatic heterocycles. The summed E-state index contributed by atoms with van der Waals surface area (Å²) in [6, 6.07) is 7.32. The van der Waals surface area contributed by atoms with E-state index in [0.717, 1.165) is 0 Å². The summed E-state index contributed by atoms with van der Waals surface area (Å²) in [5.41, 5.74) is 0.671. The number of benzene rings is 1. The SMILES string of the molecule is CC(C)C(C)C(=O)C(C#N)c1ccc2c(c1)OCO2. The zero-order valence-electron chi connectivity index (χ0n) is 11.3. The molecule has 4 heteroatoms. The van der Waals surface area contributed by atoms with E-state index in [1.807, 2.05) is 20.8 Å². The van der Waals surface area contributed by atoms with E-state index in [1.165, 1.54) is 0 Å². The van der Waals surface area contributed by atoms with Gasteiger partial charge in [0, 0.05) is 5.92 Å². The van der Waals surface area contributed by atoms with Gasteiger partial charge in [0.25, 0.3) is 0 Å². The van der Waals surface area contributed by atoms with Crippen molar-refractivity contribution in [2.24, 2.45) is 11.8 Å². The van der Waals surface area contributed by atoms with Crippen LogP contribution in [-0.4, -0.2) is 12.6 Å². The molecular weight excluding hydrogens is 242 g/mol. The van der Waals surface area contributed by atoms with E-state index in [1.54, 1.807) is 18.2 Å². The predicted molar refractivity (Wildman–Crippen MR) is 69.9 cm³/mol. The Morgan fingerprint density at radius 2 is 1.95 bits per heavy atom. The largest absolute Gasteiger partial charge is 0.454 e. The summed E-state index contributed by atoms with van der Waals surface area (Å²) in [5.74, 6) is 0.545. The molecule has 1 aliphatic rings. The van der Waals surface area contributed by atoms with Gasteiger partial charge in [-0.15, -0.1) is 0 Å². The van der Waals surface area contributed by atoms with Crippen molar-refractivity contribution in [3.63, 3.8) is 0 Å². The topological polar surface area (TPSA) is 59.3 Å². The molecule has 0 aliphatic carbocycles. The van der Waals surface area contributed by atoms with E-state index >= 15 is 0 Å². The summed E-state index contributed by atoms with van der Waals surface area (Å²) in [4.78, 5) is 12.3. The number of ketones is 1. The summed E-state index contributed by atoms with van der Waals surface area (Å²) >= 11 is 0. The summed E-state index contributed by atoms with van der Waals surface area (Å²) in [7, 11) is 0. The molecule has 100 valence electrons. The smallest absolute Gasteiger partial charge is 0.231 e. The highest BCUT2D eigenvalue weighted by Crippen LogP contribution is 2.35. The Bertz CT molecular complexity index is 531. The average Bonchev–Trinajstić information content (AvgIpc) is 2.85. The lowest BCUT2D eigenvalue weighted by Gasteiger charge is -2.18. The maximum atomic E-state index is 12.3. The minimum Gasteiger partial charge on any atom is -0.454 e. The number of carbonyl (C=O) groups is 1. The van der Waals surface area contributed by atoms with Crippen molar-refractivity contribution in [1.82, 2.24) is 0 Å². The molecule has 1 heterocycles. The van der Waals surface area contributed by atoms with Gasteiger partial charge in [-0.1, -0.05) is 26.8 Å². The fraction of sp³-hybridized carbons (Fsp3) is 0.467. The molecule has 1 aromatic rings. The minimum atomic E-state index is -0.744. The molecular formula is C15H17NO3. The fourth-order valence-corrected chi connectivity index (χ4v) is 1.99. The van der Waals surface area contributed by atoms with Crippen LogP contribution in [0.5, 0.6) is 11.5 Å². The number of nitriles is 1. The first-order chi connectivity index (χ1) is 9.04. The number of carbonyl (C=O) groups excluding carboxylic acids is 1. The number of fused-ring (bicyclic) bond motifs is 1. The van der Waals surface area contributed by atoms with Gasteiger partial charge in [0.1, 0.15) is 5.92 Å². The van der Waals surface area contributed by atoms with Gasteiger partial charge >= 0.3 is 0 Å². The van der Waals surface area contributed by atoms with Crippen LogP contribution in [0.15, 0.2) is 18.2 Å². The lowest BCUT2D eigenvalue weighted by Crippen LogP contribution is -2.23. The third-order valence-electron chi connectivity index (χ3n) is 3.59. The number of hydrogen-bond donors (Lipinski definition) is 0. The summed E-state index contributed by atoms with van der Waals surface area (Å²) < 4.78 is 10.5. The molecule has 0 bridgehead atoms. The van der Waals surface area contributed by atoms with Crippen LogP contribution in [0, 0.1) is 23.2 Å². The van der Waals surface area contributed by atoms with Crippen molar-refractivity contribution < 1.29 is 14.3 Å². The lowest BCUT2D eigenvalue weighted by atomic mass is 9.83. The number of ether oxygens (including phenoxy) is 2. The van der Waals surface area contributed by atoms with Gasteiger partial charge in [0.2, 0.25) is 6.79 Å². The van der Waals surface area contributed by atoms with Gasteiger partial charge in [0.15, 0.2) is 17.3 Å². The van der Waals surface area contributed by atoms with Crippen molar-refractivity contribution in [2.75, 3.05) is 6.79 Å². The standard InChI is InChI=1S/C15H17NO3/c1-9(2)10(3)15(17)12(7-16)11-4-5-13-14(6-11)19-8-18-13/h4-6,9-10,12H,8H2,1-3H3. The highest BCUT2D eigenvalue weighted by molar-refractivity contribution is 5.90. The summed E-state index contributed by atoms with van der Waals surface area (Å²) in [6.45, 7) is 6.02. The summed E-state index contributed by atoms with van der Waals surface area (Å²) in [6.07, 6.45) is 0. The molecule has 0 amide bonds. The Morgan fingerprint density at radius 3 is 2.58 bits per heavy atom. The molecule has 0 saturated carbocycles. The van der Waals surface area contributed by atoms with Gasteiger partial charge in [0.05, 0.1) is 6.07 Å². The average molecular weight is 259 g/mol. The number of rotatable bonds is 4. The van der Waals surface area contributed by atoms with Crippen molar-refractivity contribution >= 4 is 5.78 Å². The van der Waals surface area contributed by atoms with E-state index in [0.29, 0.717) is 17.1 Å². The molecule has 0 saturated heterocycles. The van der Waals surface area contributed by atoms with Crippen LogP contribution in [0.4, 0.5) is 0 Å². The second-order valence-electron chi connectivity index (χ2n) is 5.11. The van der Waals surface area contributed by atoms with E-state index in [4.69, 9.17) is 9.47 Å². The molecule has 0 aromatic heterocycles. The van der Waals surface area contributed by atoms with E-state index in [9.17, 15) is 10.1 Å². The van der Waals surface area contributed by atoms with Crippen LogP contribution >= 0.6 is 0 Å². The Balaban J connectivity index is 2.28. The van der Waals surface area contributed by atoms with Crippen LogP contribution in [0.2, 0.25) is 0 Å². The fourth-order valence-electron chi connectivity index (χ4n) is 1.99. The van der Waals surface area contributed by atoms with Crippen molar-refractivity contribution in [3.05, 3.63) is 23.8 Å². The highest BCUT2D eigenvalue weighted by atomic mass is 16.7. The Labute approximate surface area is 112 Å². The molecule has 2 rings (SSSR count). The van der Waals surface area contributed by atoms with Crippen LogP contribution in [0.3, 0.4) is 0 Å².